The van der Waals surface area contributed by atoms with Crippen LogP contribution in [0.4, 0.5) is 15.8 Å². The lowest BCUT2D eigenvalue weighted by Crippen LogP contribution is -2.13. The number of rotatable bonds is 2. The molecule has 0 radical (unpaired) electrons. The van der Waals surface area contributed by atoms with Gasteiger partial charge in [0.25, 0.3) is 5.91 Å². The number of hydrogen-bond donors (Lipinski definition) is 2. The molecule has 3 N–H and O–H groups in total. The average Bonchev–Trinajstić information content (AvgIpc) is 2.39. The van der Waals surface area contributed by atoms with Gasteiger partial charge in [-0.3, -0.25) is 4.79 Å². The molecule has 1 amide bonds. The largest absolute Gasteiger partial charge is 0.396 e. The van der Waals surface area contributed by atoms with Gasteiger partial charge in [-0.1, -0.05) is 15.9 Å². The number of aryl methyl sites for hydroxylation is 2. The fraction of sp³-hybridized carbons (Fsp3) is 0.133. The van der Waals surface area contributed by atoms with Crippen LogP contribution in [0.3, 0.4) is 0 Å². The van der Waals surface area contributed by atoms with Crippen LogP contribution < -0.4 is 11.1 Å². The van der Waals surface area contributed by atoms with Gasteiger partial charge < -0.3 is 11.1 Å². The lowest BCUT2D eigenvalue weighted by Gasteiger charge is -2.10. The van der Waals surface area contributed by atoms with Crippen LogP contribution in [-0.2, 0) is 0 Å². The average molecular weight is 337 g/mol. The zero-order valence-electron chi connectivity index (χ0n) is 11.1. The van der Waals surface area contributed by atoms with Gasteiger partial charge in [0.2, 0.25) is 0 Å². The quantitative estimate of drug-likeness (QED) is 0.813. The first-order valence-electron chi connectivity index (χ1n) is 6.01. The van der Waals surface area contributed by atoms with Crippen molar-refractivity contribution in [1.82, 2.24) is 0 Å². The van der Waals surface area contributed by atoms with Gasteiger partial charge in [-0.15, -0.1) is 0 Å². The second kappa shape index (κ2) is 5.63. The Morgan fingerprint density at radius 3 is 2.35 bits per heavy atom. The van der Waals surface area contributed by atoms with Crippen molar-refractivity contribution in [1.29, 1.82) is 0 Å². The number of carbonyl (C=O) groups excluding carboxylic acids is 1. The summed E-state index contributed by atoms with van der Waals surface area (Å²) in [6.07, 6.45) is 0. The van der Waals surface area contributed by atoms with E-state index in [4.69, 9.17) is 5.73 Å². The highest BCUT2D eigenvalue weighted by Gasteiger charge is 2.10. The molecule has 0 aliphatic carbocycles. The van der Waals surface area contributed by atoms with Crippen LogP contribution in [0.15, 0.2) is 34.8 Å². The first-order chi connectivity index (χ1) is 9.38. The number of carbonyl (C=O) groups is 1. The topological polar surface area (TPSA) is 55.1 Å². The molecule has 0 aromatic heterocycles. The molecule has 0 fully saturated rings. The van der Waals surface area contributed by atoms with Crippen molar-refractivity contribution in [3.05, 3.63) is 57.3 Å². The van der Waals surface area contributed by atoms with Crippen LogP contribution in [0.25, 0.3) is 0 Å². The van der Waals surface area contributed by atoms with Crippen molar-refractivity contribution < 1.29 is 9.18 Å². The molecule has 0 saturated heterocycles. The summed E-state index contributed by atoms with van der Waals surface area (Å²) in [6.45, 7) is 3.89. The molecule has 0 saturated carbocycles. The van der Waals surface area contributed by atoms with E-state index in [9.17, 15) is 9.18 Å². The molecule has 0 heterocycles. The number of halogens is 2. The van der Waals surface area contributed by atoms with E-state index in [0.29, 0.717) is 11.3 Å². The van der Waals surface area contributed by atoms with Crippen molar-refractivity contribution in [2.24, 2.45) is 0 Å². The van der Waals surface area contributed by atoms with E-state index in [1.54, 1.807) is 0 Å². The molecule has 2 aromatic carbocycles. The number of hydrogen-bond acceptors (Lipinski definition) is 2. The number of nitrogen functional groups attached to an aromatic ring is 1. The summed E-state index contributed by atoms with van der Waals surface area (Å²) in [5.41, 5.74) is 8.48. The number of anilines is 2. The fourth-order valence-corrected chi connectivity index (χ4v) is 2.14. The Morgan fingerprint density at radius 2 is 1.80 bits per heavy atom. The van der Waals surface area contributed by atoms with E-state index in [2.05, 4.69) is 21.2 Å². The van der Waals surface area contributed by atoms with Crippen LogP contribution in [0.5, 0.6) is 0 Å². The smallest absolute Gasteiger partial charge is 0.255 e. The SMILES string of the molecule is Cc1cc(NC(=O)c2ccc(F)c(N)c2)cc(C)c1Br. The van der Waals surface area contributed by atoms with Crippen LogP contribution in [0.1, 0.15) is 21.5 Å². The third-order valence-electron chi connectivity index (χ3n) is 2.95. The summed E-state index contributed by atoms with van der Waals surface area (Å²) >= 11 is 3.47. The van der Waals surface area contributed by atoms with Crippen LogP contribution in [0, 0.1) is 19.7 Å². The van der Waals surface area contributed by atoms with Crippen molar-refractivity contribution in [3.63, 3.8) is 0 Å². The number of amides is 1. The molecule has 0 atom stereocenters. The molecule has 0 aliphatic rings. The highest BCUT2D eigenvalue weighted by molar-refractivity contribution is 9.10. The minimum absolute atomic E-state index is 0.0409. The maximum atomic E-state index is 13.1. The Kier molecular flexibility index (Phi) is 4.09. The molecule has 104 valence electrons. The first-order valence-corrected chi connectivity index (χ1v) is 6.81. The normalized spacial score (nSPS) is 10.4. The van der Waals surface area contributed by atoms with Gasteiger partial charge in [0.15, 0.2) is 0 Å². The van der Waals surface area contributed by atoms with Crippen LogP contribution in [-0.4, -0.2) is 5.91 Å². The van der Waals surface area contributed by atoms with E-state index in [0.717, 1.165) is 15.6 Å². The second-order valence-corrected chi connectivity index (χ2v) is 5.41. The van der Waals surface area contributed by atoms with Gasteiger partial charge in [-0.05, 0) is 55.3 Å². The predicted molar refractivity (Wildman–Crippen MR) is 82.4 cm³/mol. The Morgan fingerprint density at radius 1 is 1.20 bits per heavy atom. The standard InChI is InChI=1S/C15H14BrFN2O/c1-8-5-11(6-9(2)14(8)16)19-15(20)10-3-4-12(17)13(18)7-10/h3-7H,18H2,1-2H3,(H,19,20). The molecular formula is C15H14BrFN2O. The van der Waals surface area contributed by atoms with Crippen molar-refractivity contribution in [2.45, 2.75) is 13.8 Å². The van der Waals surface area contributed by atoms with Crippen molar-refractivity contribution in [3.8, 4) is 0 Å². The van der Waals surface area contributed by atoms with E-state index in [1.807, 2.05) is 26.0 Å². The summed E-state index contributed by atoms with van der Waals surface area (Å²) in [6, 6.07) is 7.63. The molecule has 5 heteroatoms. The van der Waals surface area contributed by atoms with E-state index >= 15 is 0 Å². The minimum atomic E-state index is -0.531. The van der Waals surface area contributed by atoms with Gasteiger partial charge in [-0.2, -0.15) is 0 Å². The maximum absolute atomic E-state index is 13.1. The molecule has 20 heavy (non-hydrogen) atoms. The van der Waals surface area contributed by atoms with Crippen molar-refractivity contribution >= 4 is 33.2 Å². The number of benzene rings is 2. The van der Waals surface area contributed by atoms with E-state index in [1.165, 1.54) is 18.2 Å². The molecule has 3 nitrogen and oxygen atoms in total. The molecule has 0 spiro atoms. The van der Waals surface area contributed by atoms with Gasteiger partial charge in [0.1, 0.15) is 5.82 Å². The van der Waals surface area contributed by atoms with Gasteiger partial charge in [-0.25, -0.2) is 4.39 Å². The second-order valence-electron chi connectivity index (χ2n) is 4.61. The Balaban J connectivity index is 2.25. The lowest BCUT2D eigenvalue weighted by atomic mass is 10.1. The third-order valence-corrected chi connectivity index (χ3v) is 4.20. The van der Waals surface area contributed by atoms with Gasteiger partial charge in [0.05, 0.1) is 5.69 Å². The zero-order chi connectivity index (χ0) is 14.9. The molecule has 0 bridgehead atoms. The summed E-state index contributed by atoms with van der Waals surface area (Å²) < 4.78 is 14.1. The Hall–Kier alpha value is -1.88. The number of nitrogens with one attached hydrogen (secondary N) is 1. The molecule has 2 aromatic rings. The highest BCUT2D eigenvalue weighted by Crippen LogP contribution is 2.25. The number of nitrogens with two attached hydrogens (primary N) is 1. The minimum Gasteiger partial charge on any atom is -0.396 e. The monoisotopic (exact) mass is 336 g/mol. The molecule has 0 unspecified atom stereocenters. The molecule has 0 aliphatic heterocycles. The Bertz CT molecular complexity index is 663. The molecular weight excluding hydrogens is 323 g/mol. The summed E-state index contributed by atoms with van der Waals surface area (Å²) in [4.78, 5) is 12.1. The first kappa shape index (κ1) is 14.5. The maximum Gasteiger partial charge on any atom is 0.255 e. The van der Waals surface area contributed by atoms with E-state index < -0.39 is 5.82 Å². The van der Waals surface area contributed by atoms with Crippen molar-refractivity contribution in [2.75, 3.05) is 11.1 Å². The Labute approximate surface area is 125 Å². The summed E-state index contributed by atoms with van der Waals surface area (Å²) in [7, 11) is 0. The van der Waals surface area contributed by atoms with Crippen LogP contribution in [0.2, 0.25) is 0 Å². The fourth-order valence-electron chi connectivity index (χ4n) is 1.91. The zero-order valence-corrected chi connectivity index (χ0v) is 12.7. The van der Waals surface area contributed by atoms with Crippen LogP contribution >= 0.6 is 15.9 Å². The lowest BCUT2D eigenvalue weighted by molar-refractivity contribution is 0.102. The van der Waals surface area contributed by atoms with Gasteiger partial charge in [0, 0.05) is 15.7 Å². The van der Waals surface area contributed by atoms with Gasteiger partial charge >= 0.3 is 0 Å². The van der Waals surface area contributed by atoms with E-state index in [-0.39, 0.29) is 11.6 Å². The summed E-state index contributed by atoms with van der Waals surface area (Å²) in [5, 5.41) is 2.78. The highest BCUT2D eigenvalue weighted by atomic mass is 79.9. The molecule has 2 rings (SSSR count). The third kappa shape index (κ3) is 2.99. The predicted octanol–water partition coefficient (Wildman–Crippen LogP) is 4.04. The summed E-state index contributed by atoms with van der Waals surface area (Å²) in [5.74, 6) is -0.852.